The maximum Gasteiger partial charge on any atom is 0.325 e. The molecule has 3 rings (SSSR count). The normalized spacial score (nSPS) is 14.4. The Morgan fingerprint density at radius 3 is 2.47 bits per heavy atom. The summed E-state index contributed by atoms with van der Waals surface area (Å²) in [6.07, 6.45) is 3.77. The lowest BCUT2D eigenvalue weighted by Gasteiger charge is -2.32. The Labute approximate surface area is 223 Å². The highest BCUT2D eigenvalue weighted by molar-refractivity contribution is 6.22. The van der Waals surface area contributed by atoms with E-state index in [1.54, 1.807) is 12.1 Å². The van der Waals surface area contributed by atoms with Gasteiger partial charge in [-0.3, -0.25) is 10.2 Å². The first-order valence-corrected chi connectivity index (χ1v) is 13.0. The first kappa shape index (κ1) is 28.9. The Bertz CT molecular complexity index is 1100. The van der Waals surface area contributed by atoms with Crippen LogP contribution in [-0.4, -0.2) is 72.8 Å². The van der Waals surface area contributed by atoms with Crippen LogP contribution in [0, 0.1) is 11.3 Å². The van der Waals surface area contributed by atoms with Crippen LogP contribution in [0.2, 0.25) is 0 Å². The van der Waals surface area contributed by atoms with Crippen molar-refractivity contribution >= 4 is 24.0 Å². The number of piperidine rings is 1. The zero-order valence-electron chi connectivity index (χ0n) is 22.2. The summed E-state index contributed by atoms with van der Waals surface area (Å²) >= 11 is 0. The SMILES string of the molecule is CC(C)c1cc(C(=N)N(C(N)=O)c2ccc(CC3CCN(CCOCCNC=O)CC3)cc2)c(O)cc1O. The van der Waals surface area contributed by atoms with Crippen molar-refractivity contribution in [1.82, 2.24) is 10.2 Å². The van der Waals surface area contributed by atoms with E-state index in [4.69, 9.17) is 15.9 Å². The molecule has 206 valence electrons. The van der Waals surface area contributed by atoms with E-state index in [0.717, 1.165) is 49.4 Å². The van der Waals surface area contributed by atoms with Crippen molar-refractivity contribution in [3.63, 3.8) is 0 Å². The minimum atomic E-state index is -0.835. The summed E-state index contributed by atoms with van der Waals surface area (Å²) in [7, 11) is 0. The predicted molar refractivity (Wildman–Crippen MR) is 147 cm³/mol. The van der Waals surface area contributed by atoms with Crippen LogP contribution in [0.15, 0.2) is 36.4 Å². The number of amides is 3. The van der Waals surface area contributed by atoms with Crippen molar-refractivity contribution in [2.45, 2.75) is 39.0 Å². The molecule has 10 nitrogen and oxygen atoms in total. The summed E-state index contributed by atoms with van der Waals surface area (Å²) < 4.78 is 5.54. The number of hydrogen-bond donors (Lipinski definition) is 5. The predicted octanol–water partition coefficient (Wildman–Crippen LogP) is 3.15. The van der Waals surface area contributed by atoms with E-state index in [9.17, 15) is 19.8 Å². The number of urea groups is 1. The van der Waals surface area contributed by atoms with Gasteiger partial charge in [0.25, 0.3) is 0 Å². The van der Waals surface area contributed by atoms with E-state index in [-0.39, 0.29) is 28.8 Å². The molecule has 0 aliphatic carbocycles. The molecule has 1 heterocycles. The summed E-state index contributed by atoms with van der Waals surface area (Å²) in [5, 5.41) is 31.7. The number of anilines is 1. The molecule has 2 aromatic carbocycles. The molecule has 6 N–H and O–H groups in total. The molecule has 0 unspecified atom stereocenters. The van der Waals surface area contributed by atoms with Crippen LogP contribution in [0.1, 0.15) is 49.3 Å². The second kappa shape index (κ2) is 13.8. The van der Waals surface area contributed by atoms with E-state index < -0.39 is 6.03 Å². The standard InChI is InChI=1S/C28H39N5O5/c1-19(2)23-16-24(26(36)17-25(23)35)27(29)33(28(30)37)22-5-3-20(4-6-22)15-21-7-10-32(11-8-21)12-14-38-13-9-31-18-34/h3-6,16-19,21,29,35-36H,7-15H2,1-2H3,(H2,30,37)(H,31,34). The zero-order valence-corrected chi connectivity index (χ0v) is 22.2. The van der Waals surface area contributed by atoms with Crippen LogP contribution in [0.25, 0.3) is 0 Å². The summed E-state index contributed by atoms with van der Waals surface area (Å²) in [5.74, 6) is -0.107. The molecule has 1 saturated heterocycles. The average Bonchev–Trinajstić information content (AvgIpc) is 2.88. The molecule has 1 aliphatic rings. The van der Waals surface area contributed by atoms with E-state index >= 15 is 0 Å². The maximum absolute atomic E-state index is 12.3. The van der Waals surface area contributed by atoms with E-state index in [1.165, 1.54) is 12.1 Å². The Morgan fingerprint density at radius 1 is 1.18 bits per heavy atom. The van der Waals surface area contributed by atoms with Crippen LogP contribution >= 0.6 is 0 Å². The molecule has 1 aliphatic heterocycles. The third-order valence-electron chi connectivity index (χ3n) is 6.92. The molecule has 0 atom stereocenters. The number of hydrogen-bond acceptors (Lipinski definition) is 7. The van der Waals surface area contributed by atoms with Gasteiger partial charge in [0, 0.05) is 19.2 Å². The van der Waals surface area contributed by atoms with Gasteiger partial charge in [-0.1, -0.05) is 26.0 Å². The second-order valence-corrected chi connectivity index (χ2v) is 9.95. The monoisotopic (exact) mass is 525 g/mol. The highest BCUT2D eigenvalue weighted by atomic mass is 16.5. The Kier molecular flexibility index (Phi) is 10.5. The molecule has 0 radical (unpaired) electrons. The fraction of sp³-hybridized carbons (Fsp3) is 0.464. The summed E-state index contributed by atoms with van der Waals surface area (Å²) in [4.78, 5) is 26.0. The molecule has 2 aromatic rings. The number of phenols is 2. The summed E-state index contributed by atoms with van der Waals surface area (Å²) in [6, 6.07) is 9.30. The number of benzene rings is 2. The number of primary amides is 1. The van der Waals surface area contributed by atoms with E-state index in [1.807, 2.05) is 26.0 Å². The molecule has 1 fully saturated rings. The molecule has 38 heavy (non-hydrogen) atoms. The third kappa shape index (κ3) is 7.69. The minimum absolute atomic E-state index is 0.0413. The lowest BCUT2D eigenvalue weighted by molar-refractivity contribution is -0.109. The smallest absolute Gasteiger partial charge is 0.325 e. The van der Waals surface area contributed by atoms with Crippen LogP contribution in [0.3, 0.4) is 0 Å². The fourth-order valence-corrected chi connectivity index (χ4v) is 4.75. The number of aromatic hydroxyl groups is 2. The molecule has 0 spiro atoms. The fourth-order valence-electron chi connectivity index (χ4n) is 4.75. The Hall–Kier alpha value is -3.63. The average molecular weight is 526 g/mol. The van der Waals surface area contributed by atoms with Gasteiger partial charge in [-0.15, -0.1) is 0 Å². The Balaban J connectivity index is 1.58. The number of nitrogens with two attached hydrogens (primary N) is 1. The van der Waals surface area contributed by atoms with Gasteiger partial charge in [-0.2, -0.15) is 0 Å². The molecule has 0 aromatic heterocycles. The van der Waals surface area contributed by atoms with Crippen molar-refractivity contribution < 1.29 is 24.5 Å². The topological polar surface area (TPSA) is 152 Å². The number of carbonyl (C=O) groups is 2. The van der Waals surface area contributed by atoms with Gasteiger partial charge >= 0.3 is 6.03 Å². The molecule has 0 saturated carbocycles. The van der Waals surface area contributed by atoms with Gasteiger partial charge in [-0.05, 0) is 73.5 Å². The third-order valence-corrected chi connectivity index (χ3v) is 6.92. The van der Waals surface area contributed by atoms with Gasteiger partial charge in [0.1, 0.15) is 17.3 Å². The summed E-state index contributed by atoms with van der Waals surface area (Å²) in [6.45, 7) is 8.39. The largest absolute Gasteiger partial charge is 0.508 e. The molecule has 10 heteroatoms. The maximum atomic E-state index is 12.3. The van der Waals surface area contributed by atoms with Crippen molar-refractivity contribution in [1.29, 1.82) is 5.41 Å². The Morgan fingerprint density at radius 2 is 1.87 bits per heavy atom. The minimum Gasteiger partial charge on any atom is -0.508 e. The van der Waals surface area contributed by atoms with Gasteiger partial charge in [0.15, 0.2) is 0 Å². The molecule has 3 amide bonds. The molecular formula is C28H39N5O5. The van der Waals surface area contributed by atoms with Gasteiger partial charge in [0.2, 0.25) is 6.41 Å². The van der Waals surface area contributed by atoms with Crippen LogP contribution in [0.5, 0.6) is 11.5 Å². The molecule has 0 bridgehead atoms. The van der Waals surface area contributed by atoms with Gasteiger partial charge in [-0.25, -0.2) is 9.69 Å². The highest BCUT2D eigenvalue weighted by Gasteiger charge is 2.24. The summed E-state index contributed by atoms with van der Waals surface area (Å²) in [5.41, 5.74) is 7.89. The quantitative estimate of drug-likeness (QED) is 0.124. The van der Waals surface area contributed by atoms with Crippen molar-refractivity contribution in [2.75, 3.05) is 44.3 Å². The van der Waals surface area contributed by atoms with Crippen LogP contribution in [-0.2, 0) is 16.0 Å². The van der Waals surface area contributed by atoms with Crippen molar-refractivity contribution in [3.05, 3.63) is 53.1 Å². The number of phenolic OH excluding ortho intramolecular Hbond substituents is 2. The lowest BCUT2D eigenvalue weighted by atomic mass is 9.90. The van der Waals surface area contributed by atoms with E-state index in [2.05, 4.69) is 10.2 Å². The first-order chi connectivity index (χ1) is 18.2. The second-order valence-electron chi connectivity index (χ2n) is 9.95. The number of ether oxygens (including phenoxy) is 1. The lowest BCUT2D eigenvalue weighted by Crippen LogP contribution is -2.41. The number of amidine groups is 1. The molecular weight excluding hydrogens is 486 g/mol. The van der Waals surface area contributed by atoms with Crippen molar-refractivity contribution in [3.8, 4) is 11.5 Å². The highest BCUT2D eigenvalue weighted by Crippen LogP contribution is 2.33. The number of rotatable bonds is 12. The van der Waals surface area contributed by atoms with E-state index in [0.29, 0.717) is 43.3 Å². The van der Waals surface area contributed by atoms with Crippen molar-refractivity contribution in [2.24, 2.45) is 11.7 Å². The number of carbonyl (C=O) groups excluding carboxylic acids is 2. The number of likely N-dealkylation sites (tertiary alicyclic amines) is 1. The van der Waals surface area contributed by atoms with Crippen LogP contribution < -0.4 is 16.0 Å². The van der Waals surface area contributed by atoms with Crippen LogP contribution in [0.4, 0.5) is 10.5 Å². The van der Waals surface area contributed by atoms with Gasteiger partial charge in [0.05, 0.1) is 24.5 Å². The zero-order chi connectivity index (χ0) is 27.7. The number of nitrogens with one attached hydrogen (secondary N) is 2. The number of nitrogens with zero attached hydrogens (tertiary/aromatic N) is 2. The first-order valence-electron chi connectivity index (χ1n) is 13.0. The van der Waals surface area contributed by atoms with Gasteiger partial charge < -0.3 is 30.9 Å².